The van der Waals surface area contributed by atoms with E-state index in [1.54, 1.807) is 12.1 Å². The molecule has 0 aliphatic carbocycles. The Kier molecular flexibility index (Phi) is 5.55. The summed E-state index contributed by atoms with van der Waals surface area (Å²) >= 11 is 0. The van der Waals surface area contributed by atoms with E-state index in [-0.39, 0.29) is 12.5 Å². The van der Waals surface area contributed by atoms with Gasteiger partial charge in [-0.2, -0.15) is 5.26 Å². The van der Waals surface area contributed by atoms with Crippen molar-refractivity contribution < 1.29 is 9.53 Å². The predicted octanol–water partition coefficient (Wildman–Crippen LogP) is 0.554. The monoisotopic (exact) mass is 233 g/mol. The molecular formula is C12H15N3O2. The van der Waals surface area contributed by atoms with E-state index < -0.39 is 0 Å². The lowest BCUT2D eigenvalue weighted by Crippen LogP contribution is -2.29. The minimum Gasteiger partial charge on any atom is -0.484 e. The average Bonchev–Trinajstić information content (AvgIpc) is 2.37. The first-order chi connectivity index (χ1) is 8.26. The van der Waals surface area contributed by atoms with E-state index >= 15 is 0 Å². The molecule has 0 heterocycles. The number of benzene rings is 1. The summed E-state index contributed by atoms with van der Waals surface area (Å²) in [5, 5.41) is 10.9. The van der Waals surface area contributed by atoms with E-state index in [1.165, 1.54) is 0 Å². The third-order valence-corrected chi connectivity index (χ3v) is 2.09. The number of hydrogen-bond acceptors (Lipinski definition) is 4. The van der Waals surface area contributed by atoms with Gasteiger partial charge in [-0.25, -0.2) is 0 Å². The Hall–Kier alpha value is -2.06. The molecule has 0 spiro atoms. The summed E-state index contributed by atoms with van der Waals surface area (Å²) in [6.45, 7) is 0.785. The van der Waals surface area contributed by atoms with Crippen molar-refractivity contribution in [1.82, 2.24) is 5.32 Å². The largest absolute Gasteiger partial charge is 0.484 e. The van der Waals surface area contributed by atoms with Gasteiger partial charge >= 0.3 is 0 Å². The lowest BCUT2D eigenvalue weighted by molar-refractivity contribution is -0.123. The summed E-state index contributed by atoms with van der Waals surface area (Å²) in [6.07, 6.45) is 0.303. The summed E-state index contributed by atoms with van der Waals surface area (Å²) < 4.78 is 5.26. The molecule has 0 bridgehead atoms. The Morgan fingerprint density at radius 1 is 1.41 bits per heavy atom. The fourth-order valence-electron chi connectivity index (χ4n) is 1.18. The molecule has 0 aliphatic rings. The van der Waals surface area contributed by atoms with Crippen molar-refractivity contribution in [3.63, 3.8) is 0 Å². The molecule has 5 heteroatoms. The molecule has 1 aromatic rings. The quantitative estimate of drug-likeness (QED) is 0.702. The third kappa shape index (κ3) is 5.00. The number of nitriles is 1. The van der Waals surface area contributed by atoms with E-state index in [2.05, 4.69) is 5.32 Å². The standard InChI is InChI=1S/C12H15N3O2/c13-6-1-7-15-12(16)9-17-11-4-2-10(8-14)3-5-11/h2-5H,1,7-9,14H2,(H,15,16). The van der Waals surface area contributed by atoms with E-state index in [4.69, 9.17) is 15.7 Å². The highest BCUT2D eigenvalue weighted by Crippen LogP contribution is 2.11. The predicted molar refractivity (Wildman–Crippen MR) is 63.1 cm³/mol. The number of carbonyl (C=O) groups excluding carboxylic acids is 1. The number of hydrogen-bond donors (Lipinski definition) is 2. The highest BCUT2D eigenvalue weighted by atomic mass is 16.5. The molecular weight excluding hydrogens is 218 g/mol. The van der Waals surface area contributed by atoms with E-state index in [9.17, 15) is 4.79 Å². The summed E-state index contributed by atoms with van der Waals surface area (Å²) in [5.41, 5.74) is 6.47. The van der Waals surface area contributed by atoms with Crippen LogP contribution in [0.25, 0.3) is 0 Å². The van der Waals surface area contributed by atoms with Crippen LogP contribution < -0.4 is 15.8 Å². The Labute approximate surface area is 100 Å². The third-order valence-electron chi connectivity index (χ3n) is 2.09. The normalized spacial score (nSPS) is 9.41. The van der Waals surface area contributed by atoms with Gasteiger partial charge < -0.3 is 15.8 Å². The van der Waals surface area contributed by atoms with E-state index in [0.717, 1.165) is 5.56 Å². The Balaban J connectivity index is 2.29. The first-order valence-electron chi connectivity index (χ1n) is 5.31. The number of rotatable bonds is 6. The molecule has 17 heavy (non-hydrogen) atoms. The van der Waals surface area contributed by atoms with Gasteiger partial charge in [0.25, 0.3) is 5.91 Å². The first-order valence-corrected chi connectivity index (χ1v) is 5.31. The lowest BCUT2D eigenvalue weighted by atomic mass is 10.2. The van der Waals surface area contributed by atoms with E-state index in [1.807, 2.05) is 18.2 Å². The van der Waals surface area contributed by atoms with Crippen LogP contribution in [-0.2, 0) is 11.3 Å². The first kappa shape index (κ1) is 13.0. The number of nitrogens with two attached hydrogens (primary N) is 1. The van der Waals surface area contributed by atoms with Crippen molar-refractivity contribution in [2.24, 2.45) is 5.73 Å². The SMILES string of the molecule is N#CCCNC(=O)COc1ccc(CN)cc1. The number of carbonyl (C=O) groups is 1. The Morgan fingerprint density at radius 3 is 2.71 bits per heavy atom. The van der Waals surface area contributed by atoms with Gasteiger partial charge in [-0.15, -0.1) is 0 Å². The molecule has 0 fully saturated rings. The maximum atomic E-state index is 11.2. The zero-order valence-corrected chi connectivity index (χ0v) is 9.48. The second kappa shape index (κ2) is 7.25. The number of nitrogens with one attached hydrogen (secondary N) is 1. The van der Waals surface area contributed by atoms with Gasteiger partial charge in [0, 0.05) is 13.1 Å². The summed E-state index contributed by atoms with van der Waals surface area (Å²) in [6, 6.07) is 9.18. The van der Waals surface area contributed by atoms with Crippen LogP contribution in [0.3, 0.4) is 0 Å². The van der Waals surface area contributed by atoms with Gasteiger partial charge in [-0.05, 0) is 17.7 Å². The zero-order chi connectivity index (χ0) is 12.5. The molecule has 1 aromatic carbocycles. The molecule has 0 aliphatic heterocycles. The smallest absolute Gasteiger partial charge is 0.257 e. The van der Waals surface area contributed by atoms with Crippen molar-refractivity contribution in [2.75, 3.05) is 13.2 Å². The van der Waals surface area contributed by atoms with Crippen molar-refractivity contribution in [2.45, 2.75) is 13.0 Å². The molecule has 5 nitrogen and oxygen atoms in total. The van der Waals surface area contributed by atoms with Crippen LogP contribution >= 0.6 is 0 Å². The van der Waals surface area contributed by atoms with Crippen molar-refractivity contribution in [3.05, 3.63) is 29.8 Å². The van der Waals surface area contributed by atoms with Crippen molar-refractivity contribution in [1.29, 1.82) is 5.26 Å². The fourth-order valence-corrected chi connectivity index (χ4v) is 1.18. The van der Waals surface area contributed by atoms with Gasteiger partial charge in [-0.1, -0.05) is 12.1 Å². The fraction of sp³-hybridized carbons (Fsp3) is 0.333. The Bertz CT molecular complexity index is 395. The molecule has 90 valence electrons. The van der Waals surface area contributed by atoms with Gasteiger partial charge in [0.05, 0.1) is 12.5 Å². The second-order valence-corrected chi connectivity index (χ2v) is 3.39. The van der Waals surface area contributed by atoms with Gasteiger partial charge in [0.2, 0.25) is 0 Å². The van der Waals surface area contributed by atoms with Crippen molar-refractivity contribution >= 4 is 5.91 Å². The second-order valence-electron chi connectivity index (χ2n) is 3.39. The summed E-state index contributed by atoms with van der Waals surface area (Å²) in [5.74, 6) is 0.390. The van der Waals surface area contributed by atoms with Crippen LogP contribution in [-0.4, -0.2) is 19.1 Å². The summed E-state index contributed by atoms with van der Waals surface area (Å²) in [7, 11) is 0. The molecule has 0 radical (unpaired) electrons. The Morgan fingerprint density at radius 2 is 2.12 bits per heavy atom. The minimum atomic E-state index is -0.233. The van der Waals surface area contributed by atoms with Gasteiger partial charge in [0.1, 0.15) is 5.75 Å². The average molecular weight is 233 g/mol. The molecule has 0 atom stereocenters. The summed E-state index contributed by atoms with van der Waals surface area (Å²) in [4.78, 5) is 11.2. The number of nitrogens with zero attached hydrogens (tertiary/aromatic N) is 1. The topological polar surface area (TPSA) is 88.1 Å². The maximum absolute atomic E-state index is 11.2. The lowest BCUT2D eigenvalue weighted by Gasteiger charge is -2.06. The molecule has 3 N–H and O–H groups in total. The molecule has 0 saturated heterocycles. The highest BCUT2D eigenvalue weighted by molar-refractivity contribution is 5.77. The number of ether oxygens (including phenoxy) is 1. The zero-order valence-electron chi connectivity index (χ0n) is 9.48. The molecule has 1 amide bonds. The number of amides is 1. The van der Waals surface area contributed by atoms with Crippen LogP contribution in [0.1, 0.15) is 12.0 Å². The van der Waals surface area contributed by atoms with E-state index in [0.29, 0.717) is 25.3 Å². The van der Waals surface area contributed by atoms with Crippen molar-refractivity contribution in [3.8, 4) is 11.8 Å². The maximum Gasteiger partial charge on any atom is 0.257 e. The highest BCUT2D eigenvalue weighted by Gasteiger charge is 2.01. The van der Waals surface area contributed by atoms with Crippen LogP contribution in [0, 0.1) is 11.3 Å². The molecule has 0 unspecified atom stereocenters. The van der Waals surface area contributed by atoms with Crippen LogP contribution in [0.4, 0.5) is 0 Å². The minimum absolute atomic E-state index is 0.0482. The molecule has 0 saturated carbocycles. The van der Waals surface area contributed by atoms with Crippen LogP contribution in [0.5, 0.6) is 5.75 Å². The van der Waals surface area contributed by atoms with Crippen LogP contribution in [0.2, 0.25) is 0 Å². The molecule has 0 aromatic heterocycles. The molecule has 1 rings (SSSR count). The van der Waals surface area contributed by atoms with Gasteiger partial charge in [0.15, 0.2) is 6.61 Å². The van der Waals surface area contributed by atoms with Crippen LogP contribution in [0.15, 0.2) is 24.3 Å². The van der Waals surface area contributed by atoms with Gasteiger partial charge in [-0.3, -0.25) is 4.79 Å².